The van der Waals surface area contributed by atoms with Crippen LogP contribution in [0.15, 0.2) is 24.3 Å². The minimum Gasteiger partial charge on any atom is -0.496 e. The van der Waals surface area contributed by atoms with E-state index < -0.39 is 0 Å². The van der Waals surface area contributed by atoms with E-state index in [9.17, 15) is 0 Å². The van der Waals surface area contributed by atoms with Crippen LogP contribution in [0, 0.1) is 17.8 Å². The summed E-state index contributed by atoms with van der Waals surface area (Å²) in [6, 6.07) is 8.46. The number of ether oxygens (including phenoxy) is 1. The molecule has 98 valence electrons. The van der Waals surface area contributed by atoms with Crippen LogP contribution in [0.25, 0.3) is 0 Å². The Hall–Kier alpha value is -1.06. The van der Waals surface area contributed by atoms with Crippen molar-refractivity contribution in [3.63, 3.8) is 0 Å². The summed E-state index contributed by atoms with van der Waals surface area (Å²) in [5.41, 5.74) is 4.25. The lowest BCUT2D eigenvalue weighted by Crippen LogP contribution is -2.36. The number of rotatable bonds is 4. The maximum atomic E-state index is 5.83. The van der Waals surface area contributed by atoms with E-state index in [1.165, 1.54) is 31.2 Å². The van der Waals surface area contributed by atoms with Gasteiger partial charge in [-0.05, 0) is 43.1 Å². The largest absolute Gasteiger partial charge is 0.496 e. The van der Waals surface area contributed by atoms with Gasteiger partial charge in [-0.2, -0.15) is 0 Å². The Kier molecular flexibility index (Phi) is 3.27. The van der Waals surface area contributed by atoms with Crippen LogP contribution >= 0.6 is 0 Å². The Morgan fingerprint density at radius 1 is 1.28 bits per heavy atom. The van der Waals surface area contributed by atoms with Gasteiger partial charge in [-0.3, -0.25) is 11.3 Å². The van der Waals surface area contributed by atoms with Gasteiger partial charge in [-0.15, -0.1) is 0 Å². The first kappa shape index (κ1) is 12.0. The highest BCUT2D eigenvalue weighted by atomic mass is 16.5. The molecule has 0 radical (unpaired) electrons. The minimum absolute atomic E-state index is 0.233. The molecule has 2 bridgehead atoms. The normalized spacial score (nSPS) is 31.6. The maximum Gasteiger partial charge on any atom is 0.123 e. The van der Waals surface area contributed by atoms with Gasteiger partial charge >= 0.3 is 0 Å². The molecule has 4 atom stereocenters. The predicted octanol–water partition coefficient (Wildman–Crippen LogP) is 2.64. The number of methoxy groups -OCH3 is 1. The first-order chi connectivity index (χ1) is 8.83. The number of fused-ring (bicyclic) bond motifs is 2. The summed E-state index contributed by atoms with van der Waals surface area (Å²) in [6.45, 7) is 0. The van der Waals surface area contributed by atoms with Crippen molar-refractivity contribution < 1.29 is 4.74 Å². The summed E-state index contributed by atoms with van der Waals surface area (Å²) in [6.07, 6.45) is 5.52. The van der Waals surface area contributed by atoms with Crippen LogP contribution in [0.1, 0.15) is 37.3 Å². The van der Waals surface area contributed by atoms with Crippen molar-refractivity contribution in [2.75, 3.05) is 7.11 Å². The molecule has 0 aromatic heterocycles. The summed E-state index contributed by atoms with van der Waals surface area (Å²) < 4.78 is 5.47. The van der Waals surface area contributed by atoms with Gasteiger partial charge in [-0.25, -0.2) is 0 Å². The molecule has 3 nitrogen and oxygen atoms in total. The van der Waals surface area contributed by atoms with E-state index in [0.717, 1.165) is 17.6 Å². The second-order valence-electron chi connectivity index (χ2n) is 5.73. The Morgan fingerprint density at radius 3 is 2.72 bits per heavy atom. The highest BCUT2D eigenvalue weighted by Gasteiger charge is 2.43. The summed E-state index contributed by atoms with van der Waals surface area (Å²) in [4.78, 5) is 0. The van der Waals surface area contributed by atoms with E-state index in [1.54, 1.807) is 7.11 Å². The fourth-order valence-corrected chi connectivity index (χ4v) is 4.07. The van der Waals surface area contributed by atoms with E-state index in [-0.39, 0.29) is 6.04 Å². The van der Waals surface area contributed by atoms with Crippen LogP contribution in [0.3, 0.4) is 0 Å². The fourth-order valence-electron chi connectivity index (χ4n) is 4.07. The number of hydrogen-bond acceptors (Lipinski definition) is 3. The zero-order valence-electron chi connectivity index (χ0n) is 10.9. The van der Waals surface area contributed by atoms with Gasteiger partial charge in [0.05, 0.1) is 13.2 Å². The van der Waals surface area contributed by atoms with E-state index >= 15 is 0 Å². The third-order valence-electron chi connectivity index (χ3n) is 4.87. The summed E-state index contributed by atoms with van der Waals surface area (Å²) in [5, 5.41) is 0. The standard InChI is InChI=1S/C15H22N2O/c1-18-14-5-3-2-4-12(14)15(17-16)13-9-10-6-7-11(13)8-10/h2-5,10-11,13,15,17H,6-9,16H2,1H3. The number of nitrogens with one attached hydrogen (secondary N) is 1. The molecule has 4 unspecified atom stereocenters. The monoisotopic (exact) mass is 246 g/mol. The Labute approximate surface area is 109 Å². The lowest BCUT2D eigenvalue weighted by molar-refractivity contribution is 0.247. The molecule has 0 aliphatic heterocycles. The minimum atomic E-state index is 0.233. The molecule has 1 aromatic carbocycles. The average molecular weight is 246 g/mol. The summed E-state index contributed by atoms with van der Waals surface area (Å²) in [5.74, 6) is 9.24. The molecule has 0 heterocycles. The third-order valence-corrected chi connectivity index (χ3v) is 4.87. The second-order valence-corrected chi connectivity index (χ2v) is 5.73. The number of hydrogen-bond donors (Lipinski definition) is 2. The van der Waals surface area contributed by atoms with Crippen molar-refractivity contribution in [2.45, 2.75) is 31.7 Å². The number of para-hydroxylation sites is 1. The molecule has 2 aliphatic rings. The summed E-state index contributed by atoms with van der Waals surface area (Å²) >= 11 is 0. The van der Waals surface area contributed by atoms with Crippen LogP contribution in [-0.4, -0.2) is 7.11 Å². The predicted molar refractivity (Wildman–Crippen MR) is 72.0 cm³/mol. The molecule has 3 N–H and O–H groups in total. The van der Waals surface area contributed by atoms with E-state index in [2.05, 4.69) is 17.6 Å². The molecular formula is C15H22N2O. The fraction of sp³-hybridized carbons (Fsp3) is 0.600. The van der Waals surface area contributed by atoms with Crippen molar-refractivity contribution >= 4 is 0 Å². The van der Waals surface area contributed by atoms with E-state index in [1.807, 2.05) is 12.1 Å². The highest BCUT2D eigenvalue weighted by Crippen LogP contribution is 2.53. The molecular weight excluding hydrogens is 224 g/mol. The molecule has 3 rings (SSSR count). The Morgan fingerprint density at radius 2 is 2.11 bits per heavy atom. The lowest BCUT2D eigenvalue weighted by Gasteiger charge is -2.31. The van der Waals surface area contributed by atoms with Gasteiger partial charge in [0.25, 0.3) is 0 Å². The van der Waals surface area contributed by atoms with Gasteiger partial charge < -0.3 is 4.74 Å². The van der Waals surface area contributed by atoms with Crippen LogP contribution in [-0.2, 0) is 0 Å². The molecule has 0 saturated heterocycles. The van der Waals surface area contributed by atoms with Gasteiger partial charge in [0, 0.05) is 5.56 Å². The van der Waals surface area contributed by atoms with Crippen LogP contribution < -0.4 is 16.0 Å². The first-order valence-electron chi connectivity index (χ1n) is 6.92. The number of nitrogens with two attached hydrogens (primary N) is 1. The molecule has 18 heavy (non-hydrogen) atoms. The molecule has 2 saturated carbocycles. The van der Waals surface area contributed by atoms with Crippen molar-refractivity contribution in [1.82, 2.24) is 5.43 Å². The van der Waals surface area contributed by atoms with Crippen molar-refractivity contribution in [3.05, 3.63) is 29.8 Å². The second kappa shape index (κ2) is 4.90. The van der Waals surface area contributed by atoms with Crippen molar-refractivity contribution in [3.8, 4) is 5.75 Å². The van der Waals surface area contributed by atoms with Crippen LogP contribution in [0.5, 0.6) is 5.75 Å². The van der Waals surface area contributed by atoms with E-state index in [0.29, 0.717) is 5.92 Å². The SMILES string of the molecule is COc1ccccc1C(NN)C1CC2CCC1C2. The number of hydrazine groups is 1. The molecule has 2 fully saturated rings. The first-order valence-corrected chi connectivity index (χ1v) is 6.92. The number of benzene rings is 1. The van der Waals surface area contributed by atoms with Crippen LogP contribution in [0.2, 0.25) is 0 Å². The molecule has 2 aliphatic carbocycles. The van der Waals surface area contributed by atoms with Gasteiger partial charge in [0.1, 0.15) is 5.75 Å². The van der Waals surface area contributed by atoms with Gasteiger partial charge in [0.15, 0.2) is 0 Å². The Balaban J connectivity index is 1.88. The van der Waals surface area contributed by atoms with Crippen molar-refractivity contribution in [1.29, 1.82) is 0 Å². The van der Waals surface area contributed by atoms with E-state index in [4.69, 9.17) is 10.6 Å². The zero-order valence-corrected chi connectivity index (χ0v) is 10.9. The highest BCUT2D eigenvalue weighted by molar-refractivity contribution is 5.36. The van der Waals surface area contributed by atoms with Crippen LogP contribution in [0.4, 0.5) is 0 Å². The Bertz CT molecular complexity index is 421. The van der Waals surface area contributed by atoms with Crippen molar-refractivity contribution in [2.24, 2.45) is 23.6 Å². The van der Waals surface area contributed by atoms with Gasteiger partial charge in [-0.1, -0.05) is 24.6 Å². The summed E-state index contributed by atoms with van der Waals surface area (Å²) in [7, 11) is 1.73. The van der Waals surface area contributed by atoms with Gasteiger partial charge in [0.2, 0.25) is 0 Å². The maximum absolute atomic E-state index is 5.83. The molecule has 0 spiro atoms. The average Bonchev–Trinajstić information content (AvgIpc) is 3.03. The smallest absolute Gasteiger partial charge is 0.123 e. The molecule has 0 amide bonds. The topological polar surface area (TPSA) is 47.3 Å². The zero-order chi connectivity index (χ0) is 12.5. The quantitative estimate of drug-likeness (QED) is 0.634. The molecule has 1 aromatic rings. The lowest BCUT2D eigenvalue weighted by atomic mass is 9.80. The third kappa shape index (κ3) is 1.91. The molecule has 3 heteroatoms.